The van der Waals surface area contributed by atoms with Gasteiger partial charge in [0, 0.05) is 11.6 Å². The summed E-state index contributed by atoms with van der Waals surface area (Å²) in [6.07, 6.45) is 3.82. The van der Waals surface area contributed by atoms with Crippen molar-refractivity contribution in [3.05, 3.63) is 42.0 Å². The summed E-state index contributed by atoms with van der Waals surface area (Å²) in [6, 6.07) is 10.2. The third-order valence-electron chi connectivity index (χ3n) is 1.66. The summed E-state index contributed by atoms with van der Waals surface area (Å²) in [5, 5.41) is 4.00. The van der Waals surface area contributed by atoms with Crippen molar-refractivity contribution in [2.75, 3.05) is 0 Å². The molecule has 0 atom stereocenters. The number of nitrogens with two attached hydrogens (primary N) is 1. The molecule has 1 heterocycles. The van der Waals surface area contributed by atoms with E-state index in [2.05, 4.69) is 17.2 Å². The maximum Gasteiger partial charge on any atom is 0.164 e. The van der Waals surface area contributed by atoms with E-state index in [1.54, 1.807) is 0 Å². The number of rotatable bonds is 1. The number of allylic oxidation sites excluding steroid dienone is 1. The van der Waals surface area contributed by atoms with E-state index < -0.39 is 0 Å². The van der Waals surface area contributed by atoms with Gasteiger partial charge in [0.15, 0.2) is 5.70 Å². The van der Waals surface area contributed by atoms with Crippen LogP contribution in [0.5, 0.6) is 0 Å². The van der Waals surface area contributed by atoms with Gasteiger partial charge in [0.05, 0.1) is 6.21 Å². The summed E-state index contributed by atoms with van der Waals surface area (Å²) in [5.74, 6) is 0. The van der Waals surface area contributed by atoms with Crippen molar-refractivity contribution in [2.45, 2.75) is 0 Å². The summed E-state index contributed by atoms with van der Waals surface area (Å²) in [4.78, 5) is 0. The highest BCUT2D eigenvalue weighted by Crippen LogP contribution is 2.06. The highest BCUT2D eigenvalue weighted by molar-refractivity contribution is 5.82. The van der Waals surface area contributed by atoms with Crippen molar-refractivity contribution in [2.24, 2.45) is 5.10 Å². The second kappa shape index (κ2) is 4.18. The highest BCUT2D eigenvalue weighted by atomic mass is 79.9. The zero-order valence-electron chi connectivity index (χ0n) is 6.44. The first-order chi connectivity index (χ1) is 5.47. The van der Waals surface area contributed by atoms with E-state index in [1.807, 2.05) is 35.9 Å². The van der Waals surface area contributed by atoms with Crippen LogP contribution >= 0.6 is 0 Å². The zero-order valence-corrected chi connectivity index (χ0v) is 8.03. The maximum atomic E-state index is 4.00. The first-order valence-corrected chi connectivity index (χ1v) is 3.59. The fraction of sp³-hybridized carbons (Fsp3) is 0. The molecule has 0 unspecified atom stereocenters. The van der Waals surface area contributed by atoms with Crippen LogP contribution in [0.15, 0.2) is 41.5 Å². The van der Waals surface area contributed by atoms with Gasteiger partial charge in [0.25, 0.3) is 0 Å². The number of nitrogens with zero attached hydrogens (tertiary/aromatic N) is 1. The molecule has 2 nitrogen and oxygen atoms in total. The van der Waals surface area contributed by atoms with Gasteiger partial charge in [-0.15, -0.1) is 0 Å². The summed E-state index contributed by atoms with van der Waals surface area (Å²) in [6.45, 7) is 0. The van der Waals surface area contributed by atoms with E-state index in [-0.39, 0.29) is 17.0 Å². The van der Waals surface area contributed by atoms with E-state index in [0.29, 0.717) is 0 Å². The van der Waals surface area contributed by atoms with Gasteiger partial charge in [-0.1, -0.05) is 23.3 Å². The number of hydrogen-bond acceptors (Lipinski definition) is 1. The van der Waals surface area contributed by atoms with Crippen molar-refractivity contribution in [1.29, 1.82) is 0 Å². The molecule has 0 aromatic heterocycles. The van der Waals surface area contributed by atoms with Gasteiger partial charge in [0.2, 0.25) is 0 Å². The second-order valence-electron chi connectivity index (χ2n) is 2.42. The predicted octanol–water partition coefficient (Wildman–Crippen LogP) is -2.41. The zero-order chi connectivity index (χ0) is 7.52. The average molecular weight is 225 g/mol. The molecule has 2 N–H and O–H groups in total. The first-order valence-electron chi connectivity index (χ1n) is 3.59. The van der Waals surface area contributed by atoms with E-state index in [0.717, 1.165) is 0 Å². The molecule has 0 spiro atoms. The summed E-state index contributed by atoms with van der Waals surface area (Å²) >= 11 is 0. The van der Waals surface area contributed by atoms with Crippen LogP contribution in [0, 0.1) is 0 Å². The Labute approximate surface area is 81.8 Å². The van der Waals surface area contributed by atoms with E-state index in [4.69, 9.17) is 0 Å². The third kappa shape index (κ3) is 1.81. The number of benzene rings is 1. The van der Waals surface area contributed by atoms with Crippen LogP contribution in [0.1, 0.15) is 5.56 Å². The van der Waals surface area contributed by atoms with Crippen LogP contribution in [-0.2, 0) is 0 Å². The molecule has 0 saturated heterocycles. The molecule has 3 heteroatoms. The molecule has 0 bridgehead atoms. The lowest BCUT2D eigenvalue weighted by Crippen LogP contribution is -3.00. The minimum atomic E-state index is 0. The highest BCUT2D eigenvalue weighted by Gasteiger charge is 2.06. The number of hydrogen-bond donors (Lipinski definition) is 1. The van der Waals surface area contributed by atoms with Gasteiger partial charge in [-0.25, -0.2) is 0 Å². The fourth-order valence-electron chi connectivity index (χ4n) is 1.09. The Morgan fingerprint density at radius 1 is 1.08 bits per heavy atom. The molecule has 62 valence electrons. The van der Waals surface area contributed by atoms with Crippen LogP contribution in [-0.4, -0.2) is 6.21 Å². The molecule has 0 radical (unpaired) electrons. The molecule has 2 rings (SSSR count). The summed E-state index contributed by atoms with van der Waals surface area (Å²) in [5.41, 5.74) is 4.28. The molecule has 0 saturated carbocycles. The topological polar surface area (TPSA) is 29.0 Å². The number of halogens is 1. The Morgan fingerprint density at radius 3 is 2.42 bits per heavy atom. The van der Waals surface area contributed by atoms with Crippen LogP contribution in [0.3, 0.4) is 0 Å². The molecule has 1 aliphatic rings. The van der Waals surface area contributed by atoms with E-state index in [9.17, 15) is 0 Å². The van der Waals surface area contributed by atoms with Gasteiger partial charge < -0.3 is 17.0 Å². The maximum absolute atomic E-state index is 4.00. The minimum absolute atomic E-state index is 0. The molecule has 0 amide bonds. The van der Waals surface area contributed by atoms with Gasteiger partial charge in [-0.2, -0.15) is 5.43 Å². The standard InChI is InChI=1S/C9H8N2.BrH/c1-2-4-8(5-3-1)9-6-7-10-11-9;/h1-7H,(H,10,11);1H. The van der Waals surface area contributed by atoms with Crippen LogP contribution in [0.4, 0.5) is 0 Å². The molecule has 1 aromatic carbocycles. The van der Waals surface area contributed by atoms with Crippen molar-refractivity contribution < 1.29 is 22.4 Å². The van der Waals surface area contributed by atoms with Crippen molar-refractivity contribution in [3.63, 3.8) is 0 Å². The largest absolute Gasteiger partial charge is 1.00 e. The molecule has 0 aliphatic carbocycles. The van der Waals surface area contributed by atoms with Crippen LogP contribution < -0.4 is 22.4 Å². The van der Waals surface area contributed by atoms with Crippen molar-refractivity contribution in [3.8, 4) is 0 Å². The first kappa shape index (κ1) is 9.16. The Bertz CT molecular complexity index is 304. The lowest BCUT2D eigenvalue weighted by Gasteiger charge is -1.94. The quantitative estimate of drug-likeness (QED) is 0.516. The Balaban J connectivity index is 0.000000720. The molecule has 1 aliphatic heterocycles. The molecular weight excluding hydrogens is 216 g/mol. The minimum Gasteiger partial charge on any atom is -1.00 e. The predicted molar refractivity (Wildman–Crippen MR) is 44.8 cm³/mol. The monoisotopic (exact) mass is 224 g/mol. The summed E-state index contributed by atoms with van der Waals surface area (Å²) in [7, 11) is 0. The molecule has 1 aromatic rings. The Hall–Kier alpha value is -0.930. The van der Waals surface area contributed by atoms with Crippen LogP contribution in [0.25, 0.3) is 5.70 Å². The van der Waals surface area contributed by atoms with Gasteiger partial charge in [-0.05, 0) is 12.1 Å². The molecular formula is C9H9BrN2. The average Bonchev–Trinajstić information content (AvgIpc) is 2.58. The van der Waals surface area contributed by atoms with E-state index in [1.165, 1.54) is 11.3 Å². The number of quaternary nitrogens is 1. The second-order valence-corrected chi connectivity index (χ2v) is 2.42. The Kier molecular flexibility index (Phi) is 3.19. The molecule has 12 heavy (non-hydrogen) atoms. The van der Waals surface area contributed by atoms with Crippen molar-refractivity contribution in [1.82, 2.24) is 0 Å². The third-order valence-corrected chi connectivity index (χ3v) is 1.66. The smallest absolute Gasteiger partial charge is 0.164 e. The van der Waals surface area contributed by atoms with Crippen LogP contribution in [0.2, 0.25) is 0 Å². The van der Waals surface area contributed by atoms with Crippen molar-refractivity contribution >= 4 is 11.9 Å². The summed E-state index contributed by atoms with van der Waals surface area (Å²) < 4.78 is 0. The van der Waals surface area contributed by atoms with Gasteiger partial charge >= 0.3 is 0 Å². The SMILES string of the molecule is C1=N[NH2+]C(c2ccccc2)=C1.[Br-]. The lowest BCUT2D eigenvalue weighted by molar-refractivity contribution is -0.565. The lowest BCUT2D eigenvalue weighted by atomic mass is 10.2. The normalized spacial score (nSPS) is 13.8. The van der Waals surface area contributed by atoms with Gasteiger partial charge in [-0.3, -0.25) is 0 Å². The van der Waals surface area contributed by atoms with Gasteiger partial charge in [0.1, 0.15) is 0 Å². The Morgan fingerprint density at radius 2 is 1.83 bits per heavy atom. The molecule has 0 fully saturated rings. The van der Waals surface area contributed by atoms with E-state index >= 15 is 0 Å². The fourth-order valence-corrected chi connectivity index (χ4v) is 1.09.